The first-order valence-corrected chi connectivity index (χ1v) is 6.75. The number of rotatable bonds is 5. The predicted molar refractivity (Wildman–Crippen MR) is 73.8 cm³/mol. The molecule has 5 heteroatoms. The first kappa shape index (κ1) is 13.6. The molecule has 1 N–H and O–H groups in total. The van der Waals surface area contributed by atoms with Crippen LogP contribution in [0.25, 0.3) is 0 Å². The Labute approximate surface area is 113 Å². The molecule has 0 saturated heterocycles. The Bertz CT molecular complexity index is 537. The van der Waals surface area contributed by atoms with Crippen molar-refractivity contribution in [1.29, 1.82) is 5.26 Å². The third-order valence-corrected chi connectivity index (χ3v) is 3.60. The van der Waals surface area contributed by atoms with Crippen molar-refractivity contribution in [2.45, 2.75) is 52.1 Å². The largest absolute Gasteiger partial charge is 0.381 e. The van der Waals surface area contributed by atoms with Crippen LogP contribution in [0.4, 0.5) is 5.69 Å². The molecular formula is C14H20N4O. The Morgan fingerprint density at radius 3 is 2.84 bits per heavy atom. The first-order chi connectivity index (χ1) is 9.00. The molecule has 0 unspecified atom stereocenters. The summed E-state index contributed by atoms with van der Waals surface area (Å²) in [5, 5.41) is 16.4. The molecular weight excluding hydrogens is 240 g/mol. The minimum Gasteiger partial charge on any atom is -0.381 e. The van der Waals surface area contributed by atoms with Gasteiger partial charge >= 0.3 is 0 Å². The Hall–Kier alpha value is -1.83. The van der Waals surface area contributed by atoms with Crippen LogP contribution >= 0.6 is 0 Å². The summed E-state index contributed by atoms with van der Waals surface area (Å²) in [6.45, 7) is 4.21. The average Bonchev–Trinajstić information content (AvgIpc) is 2.33. The number of anilines is 1. The molecule has 1 saturated carbocycles. The molecule has 2 rings (SSSR count). The van der Waals surface area contributed by atoms with Gasteiger partial charge in [0.1, 0.15) is 0 Å². The second-order valence-corrected chi connectivity index (χ2v) is 5.82. The van der Waals surface area contributed by atoms with Gasteiger partial charge in [-0.25, -0.2) is 4.68 Å². The summed E-state index contributed by atoms with van der Waals surface area (Å²) in [5.41, 5.74) is 0.257. The lowest BCUT2D eigenvalue weighted by atomic mass is 9.91. The van der Waals surface area contributed by atoms with Crippen molar-refractivity contribution >= 4 is 5.69 Å². The van der Waals surface area contributed by atoms with Gasteiger partial charge < -0.3 is 5.32 Å². The molecule has 5 nitrogen and oxygen atoms in total. The Kier molecular flexibility index (Phi) is 3.89. The van der Waals surface area contributed by atoms with E-state index in [-0.39, 0.29) is 5.56 Å². The van der Waals surface area contributed by atoms with Gasteiger partial charge in [0.05, 0.1) is 23.4 Å². The van der Waals surface area contributed by atoms with Gasteiger partial charge in [-0.3, -0.25) is 4.79 Å². The summed E-state index contributed by atoms with van der Waals surface area (Å²) in [7, 11) is 0. The van der Waals surface area contributed by atoms with E-state index < -0.39 is 5.41 Å². The average molecular weight is 260 g/mol. The molecule has 1 aromatic heterocycles. The lowest BCUT2D eigenvalue weighted by Crippen LogP contribution is -2.29. The van der Waals surface area contributed by atoms with Gasteiger partial charge in [0.15, 0.2) is 0 Å². The quantitative estimate of drug-likeness (QED) is 0.880. The molecule has 1 aliphatic rings. The molecule has 0 aromatic carbocycles. The van der Waals surface area contributed by atoms with Crippen molar-refractivity contribution in [2.75, 3.05) is 5.32 Å². The molecule has 1 heterocycles. The zero-order valence-electron chi connectivity index (χ0n) is 11.5. The molecule has 0 atom stereocenters. The second kappa shape index (κ2) is 5.43. The van der Waals surface area contributed by atoms with Crippen molar-refractivity contribution in [1.82, 2.24) is 9.78 Å². The highest BCUT2D eigenvalue weighted by molar-refractivity contribution is 5.40. The van der Waals surface area contributed by atoms with Gasteiger partial charge in [0.2, 0.25) is 0 Å². The van der Waals surface area contributed by atoms with E-state index in [1.165, 1.54) is 23.9 Å². The maximum atomic E-state index is 11.9. The predicted octanol–water partition coefficient (Wildman–Crippen LogP) is 2.15. The van der Waals surface area contributed by atoms with Gasteiger partial charge in [-0.2, -0.15) is 10.4 Å². The van der Waals surface area contributed by atoms with Crippen LogP contribution in [0.5, 0.6) is 0 Å². The van der Waals surface area contributed by atoms with Crippen LogP contribution < -0.4 is 10.9 Å². The minimum atomic E-state index is -0.427. The number of hydrogen-bond acceptors (Lipinski definition) is 4. The van der Waals surface area contributed by atoms with Crippen LogP contribution in [0.1, 0.15) is 39.5 Å². The van der Waals surface area contributed by atoms with Gasteiger partial charge in [-0.1, -0.05) is 0 Å². The van der Waals surface area contributed by atoms with Crippen LogP contribution in [-0.4, -0.2) is 15.8 Å². The fourth-order valence-electron chi connectivity index (χ4n) is 1.91. The number of hydrogen-bond donors (Lipinski definition) is 1. The molecule has 1 aromatic rings. The summed E-state index contributed by atoms with van der Waals surface area (Å²) in [4.78, 5) is 11.9. The highest BCUT2D eigenvalue weighted by Gasteiger charge is 2.18. The van der Waals surface area contributed by atoms with E-state index in [2.05, 4.69) is 16.5 Å². The zero-order valence-corrected chi connectivity index (χ0v) is 11.5. The maximum absolute atomic E-state index is 11.9. The van der Waals surface area contributed by atoms with Crippen LogP contribution in [0, 0.1) is 16.7 Å². The topological polar surface area (TPSA) is 70.7 Å². The molecule has 102 valence electrons. The number of nitriles is 1. The van der Waals surface area contributed by atoms with Crippen LogP contribution in [0.3, 0.4) is 0 Å². The maximum Gasteiger partial charge on any atom is 0.268 e. The van der Waals surface area contributed by atoms with E-state index in [1.807, 2.05) is 13.8 Å². The molecule has 0 aliphatic heterocycles. The van der Waals surface area contributed by atoms with E-state index in [0.29, 0.717) is 19.0 Å². The van der Waals surface area contributed by atoms with E-state index in [9.17, 15) is 4.79 Å². The Balaban J connectivity index is 1.99. The molecule has 0 bridgehead atoms. The Morgan fingerprint density at radius 1 is 1.58 bits per heavy atom. The van der Waals surface area contributed by atoms with E-state index in [4.69, 9.17) is 5.26 Å². The fourth-order valence-corrected chi connectivity index (χ4v) is 1.91. The van der Waals surface area contributed by atoms with Crippen molar-refractivity contribution in [2.24, 2.45) is 5.41 Å². The molecule has 0 radical (unpaired) electrons. The molecule has 1 aliphatic carbocycles. The molecule has 19 heavy (non-hydrogen) atoms. The summed E-state index contributed by atoms with van der Waals surface area (Å²) in [5.74, 6) is 0. The van der Waals surface area contributed by atoms with Gasteiger partial charge in [0, 0.05) is 18.7 Å². The number of nitrogens with one attached hydrogen (secondary N) is 1. The number of aromatic nitrogens is 2. The second-order valence-electron chi connectivity index (χ2n) is 5.82. The standard InChI is InChI=1S/C14H20N4O/c1-14(2,10-15)6-7-18-13(19)8-12(9-16-18)17-11-4-3-5-11/h8-9,11,17H,3-7H2,1-2H3. The van der Waals surface area contributed by atoms with E-state index >= 15 is 0 Å². The smallest absolute Gasteiger partial charge is 0.268 e. The van der Waals surface area contributed by atoms with Crippen LogP contribution in [-0.2, 0) is 6.54 Å². The zero-order chi connectivity index (χ0) is 13.9. The summed E-state index contributed by atoms with van der Waals surface area (Å²) < 4.78 is 1.42. The normalized spacial score (nSPS) is 15.6. The van der Waals surface area contributed by atoms with Gasteiger partial charge in [-0.15, -0.1) is 0 Å². The minimum absolute atomic E-state index is 0.113. The highest BCUT2D eigenvalue weighted by atomic mass is 16.1. The summed E-state index contributed by atoms with van der Waals surface area (Å²) >= 11 is 0. The highest BCUT2D eigenvalue weighted by Crippen LogP contribution is 2.22. The summed E-state index contributed by atoms with van der Waals surface area (Å²) in [6.07, 6.45) is 5.90. The fraction of sp³-hybridized carbons (Fsp3) is 0.643. The van der Waals surface area contributed by atoms with E-state index in [1.54, 1.807) is 12.3 Å². The third-order valence-electron chi connectivity index (χ3n) is 3.60. The van der Waals surface area contributed by atoms with Crippen molar-refractivity contribution in [3.05, 3.63) is 22.6 Å². The first-order valence-electron chi connectivity index (χ1n) is 6.75. The van der Waals surface area contributed by atoms with Gasteiger partial charge in [0.25, 0.3) is 5.56 Å². The van der Waals surface area contributed by atoms with Crippen molar-refractivity contribution in [3.63, 3.8) is 0 Å². The van der Waals surface area contributed by atoms with Crippen molar-refractivity contribution in [3.8, 4) is 6.07 Å². The lowest BCUT2D eigenvalue weighted by molar-refractivity contribution is 0.391. The lowest BCUT2D eigenvalue weighted by Gasteiger charge is -2.27. The SMILES string of the molecule is CC(C)(C#N)CCn1ncc(NC2CCC2)cc1=O. The number of nitrogens with zero attached hydrogens (tertiary/aromatic N) is 3. The van der Waals surface area contributed by atoms with Crippen LogP contribution in [0.15, 0.2) is 17.1 Å². The van der Waals surface area contributed by atoms with Gasteiger partial charge in [-0.05, 0) is 39.5 Å². The summed E-state index contributed by atoms with van der Waals surface area (Å²) in [6, 6.07) is 4.31. The Morgan fingerprint density at radius 2 is 2.32 bits per heavy atom. The van der Waals surface area contributed by atoms with Crippen LogP contribution in [0.2, 0.25) is 0 Å². The molecule has 0 amide bonds. The third kappa shape index (κ3) is 3.57. The molecule has 0 spiro atoms. The van der Waals surface area contributed by atoms with E-state index in [0.717, 1.165) is 5.69 Å². The molecule has 1 fully saturated rings. The van der Waals surface area contributed by atoms with Crippen molar-refractivity contribution < 1.29 is 0 Å². The number of aryl methyl sites for hydroxylation is 1. The monoisotopic (exact) mass is 260 g/mol.